The smallest absolute Gasteiger partial charge is 0.312 e. The second kappa shape index (κ2) is 32.7. The Hall–Kier alpha value is -9.44. The SMILES string of the molecule is CO[C@H]1/C=C/O[C@@]2(C)Oc3cc(=O)c4c(O)c(c5oc6cc(N7CCCCC7)cc(OCc7ccc(NC(=O)[C@H](CCCNC(N)=O)NC(=O)[C@@H](NC(=O)CCCCCN8C(=O)C=CC8=O)C(C)C)cc7)c6nc5c4c3C2=O)NC(=O)C(C)C/C=C/[C@H](C)[C@H](O)[C@@H](C)[C@@H](O)[C@@H](C)[C@H](O)[C@@H]1C. The number of primary amides is 1. The molecule has 4 bridgehead atoms. The summed E-state index contributed by atoms with van der Waals surface area (Å²) < 4.78 is 31.6. The lowest BCUT2D eigenvalue weighted by molar-refractivity contribution is -0.137. The number of fused-ring (bicyclic) bond motifs is 2. The molecule has 27 heteroatoms. The zero-order valence-corrected chi connectivity index (χ0v) is 58.0. The first-order chi connectivity index (χ1) is 47.6. The van der Waals surface area contributed by atoms with Crippen LogP contribution < -0.4 is 52.1 Å². The number of hydrogen-bond acceptors (Lipinski definition) is 20. The quantitative estimate of drug-likeness (QED) is 0.00862. The molecule has 4 aliphatic heterocycles. The van der Waals surface area contributed by atoms with Gasteiger partial charge in [-0.1, -0.05) is 79.2 Å². The van der Waals surface area contributed by atoms with Gasteiger partial charge in [-0.15, -0.1) is 0 Å². The number of Topliss-reactive ketones (excluding diaryl/α,β-unsaturated/α-hetero) is 1. The van der Waals surface area contributed by atoms with E-state index < -0.39 is 124 Å². The minimum atomic E-state index is -2.13. The first kappa shape index (κ1) is 74.8. The predicted octanol–water partition coefficient (Wildman–Crippen LogP) is 7.27. The molecule has 0 saturated carbocycles. The van der Waals surface area contributed by atoms with Gasteiger partial charge in [-0.05, 0) is 81.1 Å². The number of piperidine rings is 1. The zero-order chi connectivity index (χ0) is 72.4. The maximum Gasteiger partial charge on any atom is 0.312 e. The van der Waals surface area contributed by atoms with E-state index in [0.29, 0.717) is 49.3 Å². The lowest BCUT2D eigenvalue weighted by Gasteiger charge is -2.36. The van der Waals surface area contributed by atoms with E-state index in [1.54, 1.807) is 97.0 Å². The fraction of sp³-hybridized carbons (Fsp3) is 0.507. The molecule has 0 spiro atoms. The summed E-state index contributed by atoms with van der Waals surface area (Å²) in [5.41, 5.74) is 5.60. The fourth-order valence-corrected chi connectivity index (χ4v) is 13.2. The normalized spacial score (nSPS) is 25.0. The number of benzene rings is 4. The number of nitrogens with zero attached hydrogens (tertiary/aromatic N) is 3. The number of phenols is 1. The summed E-state index contributed by atoms with van der Waals surface area (Å²) in [4.78, 5) is 129. The van der Waals surface area contributed by atoms with E-state index in [1.807, 2.05) is 0 Å². The summed E-state index contributed by atoms with van der Waals surface area (Å²) in [6, 6.07) is 8.39. The van der Waals surface area contributed by atoms with E-state index in [9.17, 15) is 58.8 Å². The largest absolute Gasteiger partial charge is 0.505 e. The van der Waals surface area contributed by atoms with Gasteiger partial charge < -0.3 is 81.0 Å². The van der Waals surface area contributed by atoms with Crippen molar-refractivity contribution in [1.82, 2.24) is 25.8 Å². The van der Waals surface area contributed by atoms with Gasteiger partial charge in [0.25, 0.3) is 17.6 Å². The molecular weight excluding hydrogens is 1290 g/mol. The van der Waals surface area contributed by atoms with Crippen molar-refractivity contribution in [3.8, 4) is 17.2 Å². The number of aliphatic hydroxyl groups excluding tert-OH is 3. The Morgan fingerprint density at radius 1 is 0.820 bits per heavy atom. The number of phenolic OH excluding ortho intramolecular Hbond substituents is 1. The van der Waals surface area contributed by atoms with Crippen molar-refractivity contribution in [3.05, 3.63) is 100 Å². The summed E-state index contributed by atoms with van der Waals surface area (Å²) in [5.74, 6) is -10.4. The molecule has 1 aromatic heterocycles. The van der Waals surface area contributed by atoms with E-state index in [-0.39, 0.29) is 113 Å². The average Bonchev–Trinajstić information content (AvgIpc) is 1.29. The van der Waals surface area contributed by atoms with Crippen LogP contribution in [0, 0.1) is 35.5 Å². The molecule has 9 rings (SSSR count). The van der Waals surface area contributed by atoms with Crippen molar-refractivity contribution in [2.75, 3.05) is 48.8 Å². The van der Waals surface area contributed by atoms with Crippen LogP contribution in [0.3, 0.4) is 0 Å². The summed E-state index contributed by atoms with van der Waals surface area (Å²) in [6.07, 6.45) is 9.17. The highest BCUT2D eigenvalue weighted by Gasteiger charge is 2.49. The number of methoxy groups -OCH3 is 1. The highest BCUT2D eigenvalue weighted by Crippen LogP contribution is 2.48. The molecule has 1 saturated heterocycles. The van der Waals surface area contributed by atoms with Crippen molar-refractivity contribution in [3.63, 3.8) is 0 Å². The lowest BCUT2D eigenvalue weighted by atomic mass is 9.78. The second-order valence-electron chi connectivity index (χ2n) is 27.2. The molecular formula is C73H93N9O18. The van der Waals surface area contributed by atoms with Gasteiger partial charge >= 0.3 is 11.8 Å². The van der Waals surface area contributed by atoms with Crippen molar-refractivity contribution < 1.29 is 82.1 Å². The number of carbonyl (C=O) groups excluding carboxylic acids is 8. The van der Waals surface area contributed by atoms with Gasteiger partial charge in [-0.2, -0.15) is 0 Å². The van der Waals surface area contributed by atoms with Crippen LogP contribution in [0.4, 0.5) is 21.9 Å². The number of urea groups is 1. The van der Waals surface area contributed by atoms with Crippen LogP contribution in [0.25, 0.3) is 33.0 Å². The first-order valence-corrected chi connectivity index (χ1v) is 34.3. The number of imide groups is 1. The molecule has 1 fully saturated rings. The van der Waals surface area contributed by atoms with Gasteiger partial charge in [0.15, 0.2) is 28.1 Å². The number of anilines is 3. The molecule has 0 radical (unpaired) electrons. The van der Waals surface area contributed by atoms with Gasteiger partial charge in [-0.3, -0.25) is 43.3 Å². The number of aromatic nitrogens is 1. The highest BCUT2D eigenvalue weighted by atomic mass is 16.7. The third kappa shape index (κ3) is 17.0. The lowest BCUT2D eigenvalue weighted by Crippen LogP contribution is -2.54. The Kier molecular flexibility index (Phi) is 24.5. The van der Waals surface area contributed by atoms with E-state index in [1.165, 1.54) is 38.5 Å². The van der Waals surface area contributed by atoms with Gasteiger partial charge in [0.1, 0.15) is 41.2 Å². The summed E-state index contributed by atoms with van der Waals surface area (Å²) in [7, 11) is 1.42. The monoisotopic (exact) mass is 1380 g/mol. The van der Waals surface area contributed by atoms with Crippen LogP contribution >= 0.6 is 0 Å². The van der Waals surface area contributed by atoms with Gasteiger partial charge in [-0.25, -0.2) is 9.78 Å². The van der Waals surface area contributed by atoms with Crippen LogP contribution in [0.1, 0.15) is 136 Å². The molecule has 0 aliphatic carbocycles. The molecule has 8 amide bonds. The first-order valence-electron chi connectivity index (χ1n) is 34.3. The van der Waals surface area contributed by atoms with Crippen LogP contribution in [0.5, 0.6) is 17.2 Å². The Morgan fingerprint density at radius 3 is 2.19 bits per heavy atom. The van der Waals surface area contributed by atoms with Gasteiger partial charge in [0.05, 0.1) is 41.6 Å². The summed E-state index contributed by atoms with van der Waals surface area (Å²) >= 11 is 0. The number of amides is 8. The molecule has 538 valence electrons. The van der Waals surface area contributed by atoms with Crippen LogP contribution in [0.2, 0.25) is 0 Å². The number of carbonyl (C=O) groups is 8. The number of aromatic hydroxyl groups is 1. The minimum absolute atomic E-state index is 0.0712. The summed E-state index contributed by atoms with van der Waals surface area (Å²) in [5, 5.41) is 60.2. The maximum atomic E-state index is 15.1. The van der Waals surface area contributed by atoms with E-state index in [4.69, 9.17) is 34.1 Å². The number of ether oxygens (including phenoxy) is 4. The number of nitrogens with one attached hydrogen (secondary N) is 5. The molecule has 100 heavy (non-hydrogen) atoms. The molecule has 11 N–H and O–H groups in total. The maximum absolute atomic E-state index is 15.1. The molecule has 4 aliphatic rings. The van der Waals surface area contributed by atoms with Crippen molar-refractivity contribution >= 4 is 97.3 Å². The number of unbranched alkanes of at least 4 members (excludes halogenated alkanes) is 2. The molecule has 4 aromatic carbocycles. The minimum Gasteiger partial charge on any atom is -0.505 e. The number of allylic oxidation sites excluding steroid dienone is 1. The third-order valence-corrected chi connectivity index (χ3v) is 19.4. The van der Waals surface area contributed by atoms with Crippen molar-refractivity contribution in [2.45, 2.75) is 168 Å². The van der Waals surface area contributed by atoms with Crippen molar-refractivity contribution in [2.24, 2.45) is 41.2 Å². The van der Waals surface area contributed by atoms with Crippen LogP contribution in [-0.4, -0.2) is 153 Å². The van der Waals surface area contributed by atoms with E-state index in [2.05, 4.69) is 31.5 Å². The zero-order valence-electron chi connectivity index (χ0n) is 58.0. The highest BCUT2D eigenvalue weighted by molar-refractivity contribution is 6.26. The Bertz CT molecular complexity index is 4030. The molecule has 5 aromatic rings. The molecule has 1 unspecified atom stereocenters. The topological polar surface area (TPSA) is 390 Å². The number of rotatable bonds is 21. The predicted molar refractivity (Wildman–Crippen MR) is 373 cm³/mol. The average molecular weight is 1380 g/mol. The third-order valence-electron chi connectivity index (χ3n) is 19.4. The van der Waals surface area contributed by atoms with E-state index in [0.717, 1.165) is 30.2 Å². The molecule has 12 atom stereocenters. The Balaban J connectivity index is 1.02. The molecule has 27 nitrogen and oxygen atoms in total. The second-order valence-corrected chi connectivity index (χ2v) is 27.2. The number of aliphatic hydroxyl groups is 3. The van der Waals surface area contributed by atoms with Gasteiger partial charge in [0, 0.05) is 123 Å². The number of hydrogen-bond donors (Lipinski definition) is 10. The van der Waals surface area contributed by atoms with Crippen LogP contribution in [-0.2, 0) is 44.8 Å². The van der Waals surface area contributed by atoms with Crippen LogP contribution in [0.15, 0.2) is 88.3 Å². The number of ketones is 1. The number of nitrogens with two attached hydrogens (primary N) is 1. The summed E-state index contributed by atoms with van der Waals surface area (Å²) in [6.45, 7) is 15.0. The fourth-order valence-electron chi connectivity index (χ4n) is 13.2. The molecule has 5 heterocycles. The van der Waals surface area contributed by atoms with Crippen molar-refractivity contribution in [1.29, 1.82) is 0 Å². The Labute approximate surface area is 579 Å². The van der Waals surface area contributed by atoms with Gasteiger partial charge in [0.2, 0.25) is 23.6 Å². The van der Waals surface area contributed by atoms with E-state index >= 15 is 4.79 Å². The Morgan fingerprint density at radius 2 is 1.51 bits per heavy atom. The standard InChI is InChI=1S/C73H93N9O18/c1-38(2)59(78-53(84)21-12-10-15-32-82-54(85)26-27-55(82)86)71(94)77-47(20-17-29-75-72(74)95)70(93)76-45-24-22-44(23-25-45)37-97-51-34-46(81-30-13-11-14-31-81)35-52-60(51)79-61-58-56-48(83)36-50-57(58)68(91)73(8,100-50)98-33-28-49(96-9)41(5)64(88)43(7)65(89)42(6)63(87)39(3)18-16-19-40(4)69(92)80-62(66(56)90)67(61)99-52/h16,18,22-28,33-36,38-43,47,49,59,63-65,87-90H,10-15,17,19-21,29-32,37H2,1-9H3,(H,76,93)(H,77,94)(H,78,84)(H,80,92)(H3,74,75,95)/b18-16+,33-28+/t39-,40?,41+,42+,43-,47-,49-,59-,63-,64+,65+,73-/m0/s1.